The zero-order chi connectivity index (χ0) is 7.84. The van der Waals surface area contributed by atoms with Gasteiger partial charge in [-0.2, -0.15) is 4.57 Å². The second kappa shape index (κ2) is 3.41. The van der Waals surface area contributed by atoms with Crippen LogP contribution in [-0.4, -0.2) is 5.97 Å². The van der Waals surface area contributed by atoms with E-state index in [0.29, 0.717) is 6.54 Å². The van der Waals surface area contributed by atoms with Crippen molar-refractivity contribution in [3.63, 3.8) is 0 Å². The molecule has 0 N–H and O–H groups in total. The second-order valence-electron chi connectivity index (χ2n) is 2.50. The Balaban J connectivity index is 0.000000720. The van der Waals surface area contributed by atoms with E-state index in [2.05, 4.69) is 0 Å². The zero-order valence-electron chi connectivity index (χ0n) is 6.49. The van der Waals surface area contributed by atoms with Crippen molar-refractivity contribution in [1.29, 1.82) is 0 Å². The van der Waals surface area contributed by atoms with Crippen LogP contribution in [0.25, 0.3) is 0 Å². The van der Waals surface area contributed by atoms with E-state index >= 15 is 0 Å². The third-order valence-electron chi connectivity index (χ3n) is 1.67. The number of rotatable bonds is 0. The highest BCUT2D eigenvalue weighted by molar-refractivity contribution is 7.09. The van der Waals surface area contributed by atoms with E-state index in [9.17, 15) is 4.79 Å². The Morgan fingerprint density at radius 3 is 3.25 bits per heavy atom. The number of nitrogens with zero attached hydrogens (tertiary/aromatic N) is 1. The maximum absolute atomic E-state index is 10.9. The lowest BCUT2D eigenvalue weighted by molar-refractivity contribution is -0.697. The van der Waals surface area contributed by atoms with Crippen LogP contribution in [0.1, 0.15) is 18.0 Å². The summed E-state index contributed by atoms with van der Waals surface area (Å²) in [7, 11) is 0. The minimum Gasteiger partial charge on any atom is -1.00 e. The molecule has 1 atom stereocenters. The number of thiazole rings is 1. The van der Waals surface area contributed by atoms with Gasteiger partial charge >= 0.3 is 5.97 Å². The Kier molecular flexibility index (Phi) is 2.69. The van der Waals surface area contributed by atoms with E-state index in [0.717, 1.165) is 5.01 Å². The SMILES string of the molecule is CC1OC(=O)C[n+]2ccsc21.[Cl-]. The van der Waals surface area contributed by atoms with Crippen LogP contribution in [0.3, 0.4) is 0 Å². The monoisotopic (exact) mass is 205 g/mol. The Hall–Kier alpha value is -0.610. The van der Waals surface area contributed by atoms with Gasteiger partial charge in [0, 0.05) is 0 Å². The summed E-state index contributed by atoms with van der Waals surface area (Å²) in [4.78, 5) is 10.9. The average molecular weight is 206 g/mol. The van der Waals surface area contributed by atoms with Gasteiger partial charge in [0.2, 0.25) is 6.54 Å². The average Bonchev–Trinajstić information content (AvgIpc) is 2.34. The number of fused-ring (bicyclic) bond motifs is 1. The predicted molar refractivity (Wildman–Crippen MR) is 39.0 cm³/mol. The van der Waals surface area contributed by atoms with E-state index < -0.39 is 0 Å². The van der Waals surface area contributed by atoms with E-state index in [1.54, 1.807) is 11.3 Å². The molecule has 1 aromatic rings. The molecule has 12 heavy (non-hydrogen) atoms. The number of carbonyl (C=O) groups is 1. The predicted octanol–water partition coefficient (Wildman–Crippen LogP) is -2.34. The third-order valence-corrected chi connectivity index (χ3v) is 2.73. The first-order valence-corrected chi connectivity index (χ1v) is 4.31. The zero-order valence-corrected chi connectivity index (χ0v) is 8.06. The van der Waals surface area contributed by atoms with Crippen molar-refractivity contribution >= 4 is 17.3 Å². The maximum atomic E-state index is 10.9. The van der Waals surface area contributed by atoms with Crippen LogP contribution in [0.4, 0.5) is 0 Å². The van der Waals surface area contributed by atoms with Crippen LogP contribution in [0.5, 0.6) is 0 Å². The van der Waals surface area contributed by atoms with Gasteiger partial charge in [0.15, 0.2) is 12.3 Å². The lowest BCUT2D eigenvalue weighted by Gasteiger charge is -2.12. The van der Waals surface area contributed by atoms with Crippen molar-refractivity contribution in [2.24, 2.45) is 0 Å². The van der Waals surface area contributed by atoms with E-state index in [-0.39, 0.29) is 24.5 Å². The van der Waals surface area contributed by atoms with Gasteiger partial charge in [-0.15, -0.1) is 0 Å². The van der Waals surface area contributed by atoms with E-state index in [1.165, 1.54) is 0 Å². The molecule has 3 nitrogen and oxygen atoms in total. The summed E-state index contributed by atoms with van der Waals surface area (Å²) in [6.07, 6.45) is 1.84. The first kappa shape index (κ1) is 9.48. The van der Waals surface area contributed by atoms with Crippen molar-refractivity contribution in [3.05, 3.63) is 16.6 Å². The van der Waals surface area contributed by atoms with Crippen LogP contribution < -0.4 is 17.0 Å². The number of cyclic esters (lactones) is 1. The van der Waals surface area contributed by atoms with Gasteiger partial charge in [-0.05, 0) is 6.92 Å². The lowest BCUT2D eigenvalue weighted by atomic mass is 10.3. The molecule has 0 aliphatic carbocycles. The smallest absolute Gasteiger partial charge is 0.373 e. The molecule has 66 valence electrons. The molecule has 0 fully saturated rings. The van der Waals surface area contributed by atoms with Crippen molar-refractivity contribution in [3.8, 4) is 0 Å². The van der Waals surface area contributed by atoms with Gasteiger partial charge in [0.1, 0.15) is 0 Å². The van der Waals surface area contributed by atoms with Gasteiger partial charge in [0.05, 0.1) is 5.38 Å². The molecule has 0 saturated carbocycles. The first-order valence-electron chi connectivity index (χ1n) is 3.43. The molecular formula is C7H8ClNO2S. The Morgan fingerprint density at radius 2 is 2.50 bits per heavy atom. The van der Waals surface area contributed by atoms with Crippen molar-refractivity contribution in [2.75, 3.05) is 0 Å². The number of halogens is 1. The highest BCUT2D eigenvalue weighted by Gasteiger charge is 2.31. The van der Waals surface area contributed by atoms with Crippen molar-refractivity contribution in [1.82, 2.24) is 0 Å². The third kappa shape index (κ3) is 1.44. The fourth-order valence-corrected chi connectivity index (χ4v) is 2.05. The summed E-state index contributed by atoms with van der Waals surface area (Å²) < 4.78 is 6.95. The molecule has 0 aromatic carbocycles. The minimum atomic E-state index is -0.145. The number of hydrogen-bond acceptors (Lipinski definition) is 3. The van der Waals surface area contributed by atoms with Crippen LogP contribution >= 0.6 is 11.3 Å². The second-order valence-corrected chi connectivity index (χ2v) is 3.43. The normalized spacial score (nSPS) is 20.8. The molecule has 0 bridgehead atoms. The Morgan fingerprint density at radius 1 is 1.75 bits per heavy atom. The highest BCUT2D eigenvalue weighted by Crippen LogP contribution is 2.20. The first-order chi connectivity index (χ1) is 5.27. The van der Waals surface area contributed by atoms with Gasteiger partial charge in [-0.3, -0.25) is 0 Å². The summed E-state index contributed by atoms with van der Waals surface area (Å²) in [5, 5.41) is 3.08. The molecule has 1 unspecified atom stereocenters. The fourth-order valence-electron chi connectivity index (χ4n) is 1.20. The summed E-state index contributed by atoms with van der Waals surface area (Å²) in [6, 6.07) is 0. The fraction of sp³-hybridized carbons (Fsp3) is 0.429. The molecule has 1 aromatic heterocycles. The number of esters is 1. The molecule has 0 radical (unpaired) electrons. The van der Waals surface area contributed by atoms with Crippen molar-refractivity contribution < 1.29 is 26.5 Å². The quantitative estimate of drug-likeness (QED) is 0.351. The van der Waals surface area contributed by atoms with Crippen LogP contribution in [0, 0.1) is 0 Å². The minimum absolute atomic E-state index is 0. The van der Waals surface area contributed by atoms with Crippen LogP contribution in [0.15, 0.2) is 11.6 Å². The molecule has 5 heteroatoms. The summed E-state index contributed by atoms with van der Waals surface area (Å²) >= 11 is 1.62. The number of hydrogen-bond donors (Lipinski definition) is 0. The molecule has 0 amide bonds. The number of carbonyl (C=O) groups excluding carboxylic acids is 1. The Labute approximate surface area is 80.4 Å². The van der Waals surface area contributed by atoms with Gasteiger partial charge in [-0.25, -0.2) is 4.79 Å². The van der Waals surface area contributed by atoms with Gasteiger partial charge < -0.3 is 17.1 Å². The lowest BCUT2D eigenvalue weighted by Crippen LogP contribution is -3.00. The highest BCUT2D eigenvalue weighted by atomic mass is 35.5. The van der Waals surface area contributed by atoms with E-state index in [1.807, 2.05) is 23.1 Å². The number of aromatic nitrogens is 1. The summed E-state index contributed by atoms with van der Waals surface area (Å²) in [6.45, 7) is 2.25. The molecule has 0 saturated heterocycles. The van der Waals surface area contributed by atoms with Crippen molar-refractivity contribution in [2.45, 2.75) is 19.6 Å². The van der Waals surface area contributed by atoms with Gasteiger partial charge in [-0.1, -0.05) is 11.3 Å². The molecule has 2 heterocycles. The molecule has 2 rings (SSSR count). The van der Waals surface area contributed by atoms with E-state index in [4.69, 9.17) is 4.74 Å². The molecule has 0 spiro atoms. The molecule has 1 aliphatic rings. The molecule has 1 aliphatic heterocycles. The Bertz CT molecular complexity index is 299. The molecular weight excluding hydrogens is 198 g/mol. The van der Waals surface area contributed by atoms with Crippen LogP contribution in [-0.2, 0) is 16.1 Å². The topological polar surface area (TPSA) is 30.2 Å². The standard InChI is InChI=1S/C7H8NO2S.ClH/c1-5-7-8(2-3-11-7)4-6(9)10-5;/h2-3,5H,4H2,1H3;1H/q+1;/p-1. The maximum Gasteiger partial charge on any atom is 0.373 e. The van der Waals surface area contributed by atoms with Gasteiger partial charge in [0.25, 0.3) is 5.01 Å². The largest absolute Gasteiger partial charge is 1.00 e. The summed E-state index contributed by atoms with van der Waals surface area (Å²) in [5.74, 6) is -0.145. The van der Waals surface area contributed by atoms with Crippen LogP contribution in [0.2, 0.25) is 0 Å². The number of ether oxygens (including phenoxy) is 1. The summed E-state index contributed by atoms with van der Waals surface area (Å²) in [5.41, 5.74) is 0.